The number of aromatic nitrogens is 3. The molecule has 1 saturated carbocycles. The summed E-state index contributed by atoms with van der Waals surface area (Å²) in [6.07, 6.45) is 5.75. The maximum absolute atomic E-state index is 12.8. The van der Waals surface area contributed by atoms with Gasteiger partial charge in [-0.3, -0.25) is 4.79 Å². The van der Waals surface area contributed by atoms with Crippen LogP contribution in [0, 0.1) is 5.92 Å². The number of nitrogens with zero attached hydrogens (tertiary/aromatic N) is 4. The lowest BCUT2D eigenvalue weighted by atomic mass is 10.1. The molecule has 2 aromatic rings. The second kappa shape index (κ2) is 8.41. The molecule has 4 rings (SSSR count). The molecule has 1 aliphatic carbocycles. The number of benzene rings is 1. The zero-order chi connectivity index (χ0) is 19.5. The Morgan fingerprint density at radius 1 is 1.25 bits per heavy atom. The predicted octanol–water partition coefficient (Wildman–Crippen LogP) is 1.46. The topological polar surface area (TPSA) is 97.3 Å². The van der Waals surface area contributed by atoms with Crippen LogP contribution in [0.5, 0.6) is 0 Å². The number of amides is 1. The molecule has 0 bridgehead atoms. The minimum atomic E-state index is -0.317. The largest absolute Gasteiger partial charge is 0.394 e. The number of nitrogens with two attached hydrogens (primary N) is 1. The number of hydrogen-bond donors (Lipinski definition) is 2. The molecule has 2 heterocycles. The Bertz CT molecular complexity index is 802. The van der Waals surface area contributed by atoms with Crippen molar-refractivity contribution in [2.45, 2.75) is 57.2 Å². The number of likely N-dealkylation sites (tertiary alicyclic amines) is 1. The van der Waals surface area contributed by atoms with Crippen molar-refractivity contribution in [2.75, 3.05) is 13.2 Å². The Morgan fingerprint density at radius 2 is 2.04 bits per heavy atom. The fourth-order valence-corrected chi connectivity index (χ4v) is 3.99. The lowest BCUT2D eigenvalue weighted by Gasteiger charge is -2.23. The number of carbonyl (C=O) groups excluding carboxylic acids is 1. The summed E-state index contributed by atoms with van der Waals surface area (Å²) in [6.45, 7) is 0.835. The highest BCUT2D eigenvalue weighted by molar-refractivity contribution is 5.76. The molecule has 1 saturated heterocycles. The van der Waals surface area contributed by atoms with Crippen LogP contribution in [-0.2, 0) is 24.2 Å². The minimum Gasteiger partial charge on any atom is -0.394 e. The lowest BCUT2D eigenvalue weighted by molar-refractivity contribution is -0.133. The molecule has 2 atom stereocenters. The summed E-state index contributed by atoms with van der Waals surface area (Å²) in [5, 5.41) is 14.2. The van der Waals surface area contributed by atoms with Crippen LogP contribution >= 0.6 is 0 Å². The summed E-state index contributed by atoms with van der Waals surface area (Å²) in [4.78, 5) is 19.3. The summed E-state index contributed by atoms with van der Waals surface area (Å²) in [7, 11) is 0. The number of aliphatic hydroxyl groups excluding tert-OH is 1. The van der Waals surface area contributed by atoms with Gasteiger partial charge < -0.3 is 15.7 Å². The van der Waals surface area contributed by atoms with Crippen LogP contribution in [0.1, 0.15) is 48.9 Å². The van der Waals surface area contributed by atoms with Gasteiger partial charge in [0, 0.05) is 13.0 Å². The van der Waals surface area contributed by atoms with E-state index in [-0.39, 0.29) is 31.1 Å². The summed E-state index contributed by atoms with van der Waals surface area (Å²) in [6, 6.07) is 9.68. The first-order chi connectivity index (χ1) is 13.6. The van der Waals surface area contributed by atoms with E-state index in [4.69, 9.17) is 10.7 Å². The van der Waals surface area contributed by atoms with Gasteiger partial charge in [0.1, 0.15) is 12.4 Å². The average Bonchev–Trinajstić information content (AvgIpc) is 3.22. The van der Waals surface area contributed by atoms with Gasteiger partial charge in [0.05, 0.1) is 18.7 Å². The van der Waals surface area contributed by atoms with Crippen LogP contribution in [0.25, 0.3) is 0 Å². The third-order valence-electron chi connectivity index (χ3n) is 5.74. The normalized spacial score (nSPS) is 20.5. The molecule has 2 fully saturated rings. The number of hydrogen-bond acceptors (Lipinski definition) is 5. The summed E-state index contributed by atoms with van der Waals surface area (Å²) < 4.78 is 1.69. The maximum atomic E-state index is 12.8. The van der Waals surface area contributed by atoms with Gasteiger partial charge >= 0.3 is 0 Å². The third kappa shape index (κ3) is 4.42. The van der Waals surface area contributed by atoms with Crippen LogP contribution in [0.2, 0.25) is 0 Å². The molecule has 150 valence electrons. The number of carbonyl (C=O) groups is 1. The van der Waals surface area contributed by atoms with Crippen molar-refractivity contribution in [1.82, 2.24) is 19.7 Å². The van der Waals surface area contributed by atoms with Crippen molar-refractivity contribution in [3.63, 3.8) is 0 Å². The quantitative estimate of drug-likeness (QED) is 0.719. The van der Waals surface area contributed by atoms with Crippen LogP contribution in [-0.4, -0.2) is 49.9 Å². The molecule has 7 heteroatoms. The standard InChI is InChI=1S/C21H29N5O2/c22-18(11-15-5-2-1-3-6-15)21-23-19(12-16-8-9-16)24-26(21)13-20(28)25-10-4-7-17(25)14-27/h1-3,5-6,16-18,27H,4,7-14,22H2. The van der Waals surface area contributed by atoms with Gasteiger partial charge in [0.15, 0.2) is 5.82 Å². The van der Waals surface area contributed by atoms with E-state index in [1.807, 2.05) is 30.3 Å². The molecule has 2 aliphatic rings. The van der Waals surface area contributed by atoms with Crippen molar-refractivity contribution in [3.05, 3.63) is 47.5 Å². The molecule has 28 heavy (non-hydrogen) atoms. The Hall–Kier alpha value is -2.25. The molecule has 1 aliphatic heterocycles. The first kappa shape index (κ1) is 19.1. The highest BCUT2D eigenvalue weighted by Crippen LogP contribution is 2.32. The van der Waals surface area contributed by atoms with Gasteiger partial charge in [-0.1, -0.05) is 30.3 Å². The molecule has 2 unspecified atom stereocenters. The van der Waals surface area contributed by atoms with Crippen molar-refractivity contribution >= 4 is 5.91 Å². The van der Waals surface area contributed by atoms with Gasteiger partial charge in [-0.05, 0) is 43.6 Å². The SMILES string of the molecule is NC(Cc1ccccc1)c1nc(CC2CC2)nn1CC(=O)N1CCCC1CO. The van der Waals surface area contributed by atoms with Crippen LogP contribution in [0.15, 0.2) is 30.3 Å². The third-order valence-corrected chi connectivity index (χ3v) is 5.74. The fraction of sp³-hybridized carbons (Fsp3) is 0.571. The monoisotopic (exact) mass is 383 g/mol. The van der Waals surface area contributed by atoms with Crippen molar-refractivity contribution in [3.8, 4) is 0 Å². The van der Waals surface area contributed by atoms with Gasteiger partial charge in [-0.15, -0.1) is 0 Å². The van der Waals surface area contributed by atoms with Gasteiger partial charge in [0.2, 0.25) is 5.91 Å². The van der Waals surface area contributed by atoms with E-state index in [1.54, 1.807) is 9.58 Å². The summed E-state index contributed by atoms with van der Waals surface area (Å²) >= 11 is 0. The second-order valence-electron chi connectivity index (χ2n) is 8.05. The second-order valence-corrected chi connectivity index (χ2v) is 8.05. The van der Waals surface area contributed by atoms with Crippen molar-refractivity contribution in [1.29, 1.82) is 0 Å². The molecule has 7 nitrogen and oxygen atoms in total. The highest BCUT2D eigenvalue weighted by atomic mass is 16.3. The number of aliphatic hydroxyl groups is 1. The Balaban J connectivity index is 1.52. The van der Waals surface area contributed by atoms with Crippen molar-refractivity contribution < 1.29 is 9.90 Å². The zero-order valence-electron chi connectivity index (χ0n) is 16.2. The Labute approximate surface area is 165 Å². The molecule has 0 spiro atoms. The fourth-order valence-electron chi connectivity index (χ4n) is 3.99. The summed E-state index contributed by atoms with van der Waals surface area (Å²) in [5.41, 5.74) is 7.62. The van der Waals surface area contributed by atoms with E-state index >= 15 is 0 Å². The van der Waals surface area contributed by atoms with Gasteiger partial charge in [0.25, 0.3) is 0 Å². The van der Waals surface area contributed by atoms with Crippen LogP contribution in [0.4, 0.5) is 0 Å². The van der Waals surface area contributed by atoms with E-state index < -0.39 is 0 Å². The molecular weight excluding hydrogens is 354 g/mol. The van der Waals surface area contributed by atoms with E-state index in [2.05, 4.69) is 5.10 Å². The predicted molar refractivity (Wildman–Crippen MR) is 105 cm³/mol. The minimum absolute atomic E-state index is 0.0103. The molecule has 1 amide bonds. The smallest absolute Gasteiger partial charge is 0.244 e. The Kier molecular flexibility index (Phi) is 5.73. The average molecular weight is 383 g/mol. The number of rotatable bonds is 8. The van der Waals surface area contributed by atoms with E-state index in [1.165, 1.54) is 12.8 Å². The summed E-state index contributed by atoms with van der Waals surface area (Å²) in [5.74, 6) is 2.11. The van der Waals surface area contributed by atoms with E-state index in [0.29, 0.717) is 24.7 Å². The molecule has 0 radical (unpaired) electrons. The van der Waals surface area contributed by atoms with Crippen LogP contribution in [0.3, 0.4) is 0 Å². The zero-order valence-corrected chi connectivity index (χ0v) is 16.2. The first-order valence-electron chi connectivity index (χ1n) is 10.3. The molecule has 1 aromatic heterocycles. The van der Waals surface area contributed by atoms with E-state index in [0.717, 1.165) is 30.7 Å². The van der Waals surface area contributed by atoms with Crippen molar-refractivity contribution in [2.24, 2.45) is 11.7 Å². The van der Waals surface area contributed by atoms with Gasteiger partial charge in [-0.2, -0.15) is 5.10 Å². The molecular formula is C21H29N5O2. The van der Waals surface area contributed by atoms with Gasteiger partial charge in [-0.25, -0.2) is 9.67 Å². The lowest BCUT2D eigenvalue weighted by Crippen LogP contribution is -2.40. The Morgan fingerprint density at radius 3 is 2.75 bits per heavy atom. The maximum Gasteiger partial charge on any atom is 0.244 e. The molecule has 3 N–H and O–H groups in total. The first-order valence-corrected chi connectivity index (χ1v) is 10.3. The van der Waals surface area contributed by atoms with E-state index in [9.17, 15) is 9.90 Å². The highest BCUT2D eigenvalue weighted by Gasteiger charge is 2.30. The van der Waals surface area contributed by atoms with Crippen LogP contribution < -0.4 is 5.73 Å². The molecule has 1 aromatic carbocycles.